The molecule has 1 aromatic heterocycles. The van der Waals surface area contributed by atoms with Crippen molar-refractivity contribution in [2.45, 2.75) is 26.7 Å². The van der Waals surface area contributed by atoms with E-state index < -0.39 is 0 Å². The van der Waals surface area contributed by atoms with Gasteiger partial charge < -0.3 is 4.74 Å². The number of carbonyl (C=O) groups excluding carboxylic acids is 1. The highest BCUT2D eigenvalue weighted by atomic mass is 35.5. The third kappa shape index (κ3) is 5.44. The van der Waals surface area contributed by atoms with Gasteiger partial charge in [-0.3, -0.25) is 14.6 Å². The first kappa shape index (κ1) is 22.2. The average Bonchev–Trinajstić information content (AvgIpc) is 3.16. The van der Waals surface area contributed by atoms with Crippen LogP contribution in [0.5, 0.6) is 0 Å². The maximum absolute atomic E-state index is 13.4. The van der Waals surface area contributed by atoms with Gasteiger partial charge in [0.05, 0.1) is 29.9 Å². The number of thiazole rings is 1. The molecule has 0 atom stereocenters. The van der Waals surface area contributed by atoms with Crippen molar-refractivity contribution in [3.63, 3.8) is 0 Å². The number of ether oxygens (including phenoxy) is 1. The third-order valence-corrected chi connectivity index (χ3v) is 7.19. The van der Waals surface area contributed by atoms with Crippen LogP contribution >= 0.6 is 22.9 Å². The Balaban J connectivity index is 1.55. The number of aromatic nitrogens is 1. The van der Waals surface area contributed by atoms with E-state index in [1.54, 1.807) is 11.3 Å². The van der Waals surface area contributed by atoms with E-state index in [2.05, 4.69) is 30.9 Å². The molecule has 1 aliphatic heterocycles. The summed E-state index contributed by atoms with van der Waals surface area (Å²) in [5.74, 6) is 0.0302. The number of aryl methyl sites for hydroxylation is 2. The predicted octanol–water partition coefficient (Wildman–Crippen LogP) is 4.86. The Morgan fingerprint density at radius 1 is 1.19 bits per heavy atom. The minimum Gasteiger partial charge on any atom is -0.379 e. The summed E-state index contributed by atoms with van der Waals surface area (Å²) in [6.07, 6.45) is 1.16. The molecule has 0 spiro atoms. The quantitative estimate of drug-likeness (QED) is 0.508. The Labute approximate surface area is 192 Å². The minimum absolute atomic E-state index is 0.0302. The van der Waals surface area contributed by atoms with Crippen LogP contribution in [0.3, 0.4) is 0 Å². The van der Waals surface area contributed by atoms with Gasteiger partial charge >= 0.3 is 0 Å². The molecule has 0 radical (unpaired) electrons. The number of amides is 1. The molecule has 7 heteroatoms. The zero-order valence-corrected chi connectivity index (χ0v) is 19.6. The number of hydrogen-bond donors (Lipinski definition) is 0. The highest BCUT2D eigenvalue weighted by Gasteiger charge is 2.21. The zero-order chi connectivity index (χ0) is 21.8. The highest BCUT2D eigenvalue weighted by molar-refractivity contribution is 7.22. The molecule has 5 nitrogen and oxygen atoms in total. The van der Waals surface area contributed by atoms with Crippen molar-refractivity contribution in [3.8, 4) is 0 Å². The molecule has 1 saturated heterocycles. The first-order valence-corrected chi connectivity index (χ1v) is 11.9. The van der Waals surface area contributed by atoms with Gasteiger partial charge in [0.1, 0.15) is 0 Å². The summed E-state index contributed by atoms with van der Waals surface area (Å²) >= 11 is 7.91. The average molecular weight is 458 g/mol. The van der Waals surface area contributed by atoms with Crippen LogP contribution in [0.15, 0.2) is 36.4 Å². The van der Waals surface area contributed by atoms with E-state index in [4.69, 9.17) is 21.3 Å². The maximum Gasteiger partial charge on any atom is 0.233 e. The van der Waals surface area contributed by atoms with Crippen molar-refractivity contribution >= 4 is 44.2 Å². The van der Waals surface area contributed by atoms with E-state index in [1.807, 2.05) is 29.2 Å². The summed E-state index contributed by atoms with van der Waals surface area (Å²) in [7, 11) is 0. The lowest BCUT2D eigenvalue weighted by Gasteiger charge is -2.27. The molecule has 4 rings (SSSR count). The third-order valence-electron chi connectivity index (χ3n) is 5.78. The molecule has 1 amide bonds. The van der Waals surface area contributed by atoms with E-state index in [0.717, 1.165) is 60.2 Å². The summed E-state index contributed by atoms with van der Waals surface area (Å²) in [4.78, 5) is 22.4. The molecule has 2 heterocycles. The number of fused-ring (bicyclic) bond motifs is 1. The Bertz CT molecular complexity index is 1020. The fraction of sp³-hybridized carbons (Fsp3) is 0.417. The van der Waals surface area contributed by atoms with Crippen molar-refractivity contribution in [2.75, 3.05) is 44.3 Å². The second-order valence-electron chi connectivity index (χ2n) is 8.02. The number of morpholine rings is 1. The summed E-state index contributed by atoms with van der Waals surface area (Å²) in [5.41, 5.74) is 4.25. The van der Waals surface area contributed by atoms with Crippen LogP contribution in [0.2, 0.25) is 5.02 Å². The van der Waals surface area contributed by atoms with E-state index in [1.165, 1.54) is 11.1 Å². The van der Waals surface area contributed by atoms with Crippen molar-refractivity contribution in [1.29, 1.82) is 0 Å². The molecular weight excluding hydrogens is 430 g/mol. The van der Waals surface area contributed by atoms with Crippen LogP contribution < -0.4 is 4.90 Å². The SMILES string of the molecule is Cc1cc2nc(N(CCCN3CCOCC3)C(=O)Cc3ccccc3Cl)sc2cc1C. The predicted molar refractivity (Wildman–Crippen MR) is 128 cm³/mol. The molecule has 31 heavy (non-hydrogen) atoms. The Morgan fingerprint density at radius 2 is 1.94 bits per heavy atom. The van der Waals surface area contributed by atoms with Crippen molar-refractivity contribution in [2.24, 2.45) is 0 Å². The van der Waals surface area contributed by atoms with Gasteiger partial charge in [-0.1, -0.05) is 41.1 Å². The lowest BCUT2D eigenvalue weighted by atomic mass is 10.1. The van der Waals surface area contributed by atoms with E-state index in [-0.39, 0.29) is 12.3 Å². The van der Waals surface area contributed by atoms with E-state index >= 15 is 0 Å². The second-order valence-corrected chi connectivity index (χ2v) is 9.44. The molecule has 0 bridgehead atoms. The molecule has 0 unspecified atom stereocenters. The van der Waals surface area contributed by atoms with Gasteiger partial charge in [-0.05, 0) is 55.2 Å². The van der Waals surface area contributed by atoms with Crippen LogP contribution in [-0.2, 0) is 16.0 Å². The van der Waals surface area contributed by atoms with Crippen LogP contribution in [0, 0.1) is 13.8 Å². The van der Waals surface area contributed by atoms with Gasteiger partial charge in [-0.2, -0.15) is 0 Å². The van der Waals surface area contributed by atoms with Gasteiger partial charge in [0.2, 0.25) is 5.91 Å². The summed E-state index contributed by atoms with van der Waals surface area (Å²) < 4.78 is 6.55. The fourth-order valence-electron chi connectivity index (χ4n) is 3.79. The number of rotatable bonds is 7. The number of anilines is 1. The molecule has 0 N–H and O–H groups in total. The summed E-state index contributed by atoms with van der Waals surface area (Å²) in [5, 5.41) is 1.39. The molecule has 164 valence electrons. The topological polar surface area (TPSA) is 45.7 Å². The van der Waals surface area contributed by atoms with Crippen molar-refractivity contribution in [1.82, 2.24) is 9.88 Å². The second kappa shape index (κ2) is 10.1. The number of halogens is 1. The molecule has 1 aliphatic rings. The summed E-state index contributed by atoms with van der Waals surface area (Å²) in [6.45, 7) is 9.26. The van der Waals surface area contributed by atoms with Gasteiger partial charge in [0.15, 0.2) is 5.13 Å². The number of benzene rings is 2. The van der Waals surface area contributed by atoms with Crippen molar-refractivity contribution in [3.05, 3.63) is 58.1 Å². The number of carbonyl (C=O) groups is 1. The largest absolute Gasteiger partial charge is 0.379 e. The number of nitrogens with zero attached hydrogens (tertiary/aromatic N) is 3. The monoisotopic (exact) mass is 457 g/mol. The smallest absolute Gasteiger partial charge is 0.233 e. The maximum atomic E-state index is 13.4. The molecule has 0 aliphatic carbocycles. The van der Waals surface area contributed by atoms with Gasteiger partial charge in [0.25, 0.3) is 0 Å². The van der Waals surface area contributed by atoms with Crippen LogP contribution in [0.1, 0.15) is 23.1 Å². The van der Waals surface area contributed by atoms with Crippen LogP contribution in [0.4, 0.5) is 5.13 Å². The standard InChI is InChI=1S/C24H28ClN3O2S/c1-17-14-21-22(15-18(17)2)31-24(26-21)28(9-5-8-27-10-12-30-13-11-27)23(29)16-19-6-3-4-7-20(19)25/h3-4,6-7,14-15H,5,8-13,16H2,1-2H3. The molecule has 0 saturated carbocycles. The van der Waals surface area contributed by atoms with Crippen molar-refractivity contribution < 1.29 is 9.53 Å². The molecule has 2 aromatic carbocycles. The van der Waals surface area contributed by atoms with Gasteiger partial charge in [0, 0.05) is 31.2 Å². The molecular formula is C24H28ClN3O2S. The Kier molecular flexibility index (Phi) is 7.23. The normalized spacial score (nSPS) is 14.8. The Morgan fingerprint density at radius 3 is 2.71 bits per heavy atom. The van der Waals surface area contributed by atoms with Gasteiger partial charge in [-0.25, -0.2) is 4.98 Å². The number of hydrogen-bond acceptors (Lipinski definition) is 5. The zero-order valence-electron chi connectivity index (χ0n) is 18.1. The molecule has 3 aromatic rings. The van der Waals surface area contributed by atoms with E-state index in [0.29, 0.717) is 11.6 Å². The van der Waals surface area contributed by atoms with Crippen LogP contribution in [-0.4, -0.2) is 55.2 Å². The summed E-state index contributed by atoms with van der Waals surface area (Å²) in [6, 6.07) is 11.8. The first-order valence-electron chi connectivity index (χ1n) is 10.7. The highest BCUT2D eigenvalue weighted by Crippen LogP contribution is 2.31. The lowest BCUT2D eigenvalue weighted by Crippen LogP contribution is -2.39. The lowest BCUT2D eigenvalue weighted by molar-refractivity contribution is -0.118. The first-order chi connectivity index (χ1) is 15.0. The van der Waals surface area contributed by atoms with Gasteiger partial charge in [-0.15, -0.1) is 0 Å². The minimum atomic E-state index is 0.0302. The molecule has 1 fully saturated rings. The van der Waals surface area contributed by atoms with Crippen LogP contribution in [0.25, 0.3) is 10.2 Å². The van der Waals surface area contributed by atoms with E-state index in [9.17, 15) is 4.79 Å². The Hall–Kier alpha value is -1.99. The fourth-order valence-corrected chi connectivity index (χ4v) is 5.08.